The second-order valence-corrected chi connectivity index (χ2v) is 8.45. The number of aryl methyl sites for hydroxylation is 1. The number of hydrogen-bond donors (Lipinski definition) is 1. The number of anilines is 1. The molecule has 0 amide bonds. The minimum atomic E-state index is -0.768. The number of benzene rings is 2. The largest absolute Gasteiger partial charge is 0.490 e. The Bertz CT molecular complexity index is 1460. The number of non-ortho nitro benzene ring substituents is 1. The number of nitrogens with one attached hydrogen (secondary N) is 1. The van der Waals surface area contributed by atoms with Crippen molar-refractivity contribution in [1.82, 2.24) is 4.98 Å². The lowest BCUT2D eigenvalue weighted by Crippen LogP contribution is -2.04. The SMILES string of the molecule is CCOc1cc(/C=N\Nc2nc(C)cc(COC)c2C#N)cc(Br)c1Oc1ccc([N+](=O)[O-])cc1[N+](=O)[O-]. The number of rotatable bonds is 11. The molecular formula is C24H21BrN6O7. The van der Waals surface area contributed by atoms with Crippen molar-refractivity contribution in [2.75, 3.05) is 19.1 Å². The Morgan fingerprint density at radius 3 is 2.58 bits per heavy atom. The van der Waals surface area contributed by atoms with E-state index in [9.17, 15) is 25.5 Å². The van der Waals surface area contributed by atoms with Gasteiger partial charge in [0.15, 0.2) is 17.3 Å². The summed E-state index contributed by atoms with van der Waals surface area (Å²) in [6.45, 7) is 4.03. The lowest BCUT2D eigenvalue weighted by Gasteiger charge is -2.14. The van der Waals surface area contributed by atoms with Crippen molar-refractivity contribution in [2.45, 2.75) is 20.5 Å². The first-order chi connectivity index (χ1) is 18.2. The van der Waals surface area contributed by atoms with Gasteiger partial charge in [0.1, 0.15) is 11.6 Å². The quantitative estimate of drug-likeness (QED) is 0.169. The first-order valence-corrected chi connectivity index (χ1v) is 11.7. The molecule has 13 nitrogen and oxygen atoms in total. The Morgan fingerprint density at radius 2 is 1.95 bits per heavy atom. The lowest BCUT2D eigenvalue weighted by atomic mass is 10.1. The van der Waals surface area contributed by atoms with Crippen LogP contribution in [0.15, 0.2) is 46.0 Å². The predicted octanol–water partition coefficient (Wildman–Crippen LogP) is 5.62. The summed E-state index contributed by atoms with van der Waals surface area (Å²) >= 11 is 3.39. The smallest absolute Gasteiger partial charge is 0.318 e. The van der Waals surface area contributed by atoms with Gasteiger partial charge in [0.25, 0.3) is 5.69 Å². The fourth-order valence-electron chi connectivity index (χ4n) is 3.37. The molecule has 14 heteroatoms. The molecule has 0 saturated heterocycles. The highest BCUT2D eigenvalue weighted by Crippen LogP contribution is 2.42. The normalized spacial score (nSPS) is 10.7. The van der Waals surface area contributed by atoms with Gasteiger partial charge in [0.2, 0.25) is 5.75 Å². The molecule has 0 spiro atoms. The summed E-state index contributed by atoms with van der Waals surface area (Å²) in [4.78, 5) is 25.4. The third-order valence-corrected chi connectivity index (χ3v) is 5.51. The van der Waals surface area contributed by atoms with Crippen LogP contribution in [0.4, 0.5) is 17.2 Å². The maximum atomic E-state index is 11.5. The van der Waals surface area contributed by atoms with Gasteiger partial charge in [-0.15, -0.1) is 0 Å². The van der Waals surface area contributed by atoms with Crippen LogP contribution >= 0.6 is 15.9 Å². The molecular weight excluding hydrogens is 564 g/mol. The van der Waals surface area contributed by atoms with E-state index in [2.05, 4.69) is 37.5 Å². The summed E-state index contributed by atoms with van der Waals surface area (Å²) in [6.07, 6.45) is 1.46. The van der Waals surface area contributed by atoms with E-state index in [1.54, 1.807) is 32.0 Å². The zero-order valence-corrected chi connectivity index (χ0v) is 22.0. The molecule has 3 rings (SSSR count). The lowest BCUT2D eigenvalue weighted by molar-refractivity contribution is -0.394. The molecule has 1 heterocycles. The average Bonchev–Trinajstić information content (AvgIpc) is 2.86. The zero-order valence-electron chi connectivity index (χ0n) is 20.4. The molecule has 0 saturated carbocycles. The van der Waals surface area contributed by atoms with Crippen molar-refractivity contribution >= 4 is 39.3 Å². The van der Waals surface area contributed by atoms with Crippen LogP contribution in [0.2, 0.25) is 0 Å². The zero-order chi connectivity index (χ0) is 27.8. The van der Waals surface area contributed by atoms with E-state index in [4.69, 9.17) is 14.2 Å². The maximum absolute atomic E-state index is 11.5. The Labute approximate surface area is 225 Å². The molecule has 38 heavy (non-hydrogen) atoms. The van der Waals surface area contributed by atoms with Gasteiger partial charge in [-0.1, -0.05) is 0 Å². The highest BCUT2D eigenvalue weighted by Gasteiger charge is 2.23. The van der Waals surface area contributed by atoms with E-state index in [1.807, 2.05) is 0 Å². The number of aromatic nitrogens is 1. The first-order valence-electron chi connectivity index (χ1n) is 10.9. The Hall–Kier alpha value is -4.61. The number of nitro groups is 2. The van der Waals surface area contributed by atoms with Crippen LogP contribution in [0, 0.1) is 38.5 Å². The number of nitro benzene ring substituents is 2. The molecule has 0 fully saturated rings. The standard InChI is InChI=1S/C24H21BrN6O7/c1-4-37-22-9-15(12-27-29-24-18(11-26)16(13-36-3)7-14(2)28-24)8-19(25)23(22)38-21-6-5-17(30(32)33)10-20(21)31(34)35/h5-10,12H,4,13H2,1-3H3,(H,28,29)/b27-12-. The summed E-state index contributed by atoms with van der Waals surface area (Å²) < 4.78 is 17.0. The molecule has 0 radical (unpaired) electrons. The summed E-state index contributed by atoms with van der Waals surface area (Å²) in [5.41, 5.74) is 3.97. The number of ether oxygens (including phenoxy) is 3. The maximum Gasteiger partial charge on any atom is 0.318 e. The third-order valence-electron chi connectivity index (χ3n) is 4.92. The highest BCUT2D eigenvalue weighted by atomic mass is 79.9. The first kappa shape index (κ1) is 28.0. The highest BCUT2D eigenvalue weighted by molar-refractivity contribution is 9.10. The van der Waals surface area contributed by atoms with Gasteiger partial charge in [0, 0.05) is 24.4 Å². The van der Waals surface area contributed by atoms with Gasteiger partial charge in [0.05, 0.1) is 39.8 Å². The molecule has 1 N–H and O–H groups in total. The van der Waals surface area contributed by atoms with Crippen LogP contribution < -0.4 is 14.9 Å². The van der Waals surface area contributed by atoms with Crippen molar-refractivity contribution < 1.29 is 24.1 Å². The predicted molar refractivity (Wildman–Crippen MR) is 141 cm³/mol. The molecule has 0 aliphatic rings. The molecule has 0 atom stereocenters. The molecule has 0 aliphatic carbocycles. The fourth-order valence-corrected chi connectivity index (χ4v) is 3.91. The summed E-state index contributed by atoms with van der Waals surface area (Å²) in [7, 11) is 1.53. The van der Waals surface area contributed by atoms with Crippen LogP contribution in [0.5, 0.6) is 17.2 Å². The minimum absolute atomic E-state index is 0.130. The van der Waals surface area contributed by atoms with Gasteiger partial charge < -0.3 is 14.2 Å². The molecule has 3 aromatic rings. The van der Waals surface area contributed by atoms with Gasteiger partial charge in [-0.2, -0.15) is 10.4 Å². The third kappa shape index (κ3) is 6.58. The summed E-state index contributed by atoms with van der Waals surface area (Å²) in [5, 5.41) is 36.3. The average molecular weight is 585 g/mol. The van der Waals surface area contributed by atoms with E-state index < -0.39 is 21.2 Å². The molecule has 1 aromatic heterocycles. The molecule has 2 aromatic carbocycles. The fraction of sp³-hybridized carbons (Fsp3) is 0.208. The van der Waals surface area contributed by atoms with E-state index >= 15 is 0 Å². The number of hydrogen-bond acceptors (Lipinski definition) is 11. The Balaban J connectivity index is 1.93. The minimum Gasteiger partial charge on any atom is -0.490 e. The topological polar surface area (TPSA) is 175 Å². The van der Waals surface area contributed by atoms with Gasteiger partial charge >= 0.3 is 5.69 Å². The number of halogens is 1. The monoisotopic (exact) mass is 584 g/mol. The van der Waals surface area contributed by atoms with Crippen molar-refractivity contribution in [3.8, 4) is 23.3 Å². The number of nitriles is 1. The second kappa shape index (κ2) is 12.6. The molecule has 196 valence electrons. The number of nitrogens with zero attached hydrogens (tertiary/aromatic N) is 5. The van der Waals surface area contributed by atoms with Crippen molar-refractivity contribution in [2.24, 2.45) is 5.10 Å². The van der Waals surface area contributed by atoms with E-state index in [0.717, 1.165) is 18.2 Å². The van der Waals surface area contributed by atoms with Crippen LogP contribution in [-0.2, 0) is 11.3 Å². The van der Waals surface area contributed by atoms with Crippen LogP contribution in [0.3, 0.4) is 0 Å². The Kier molecular flexibility index (Phi) is 9.25. The van der Waals surface area contributed by atoms with Crippen LogP contribution in [-0.4, -0.2) is 34.8 Å². The van der Waals surface area contributed by atoms with E-state index in [-0.39, 0.29) is 36.3 Å². The summed E-state index contributed by atoms with van der Waals surface area (Å²) in [5.74, 6) is 0.437. The van der Waals surface area contributed by atoms with Gasteiger partial charge in [-0.3, -0.25) is 25.7 Å². The van der Waals surface area contributed by atoms with E-state index in [1.165, 1.54) is 13.3 Å². The Morgan fingerprint density at radius 1 is 1.18 bits per heavy atom. The summed E-state index contributed by atoms with van der Waals surface area (Å²) in [6, 6.07) is 10.2. The van der Waals surface area contributed by atoms with Gasteiger partial charge in [-0.25, -0.2) is 4.98 Å². The van der Waals surface area contributed by atoms with Crippen molar-refractivity contribution in [1.29, 1.82) is 5.26 Å². The second-order valence-electron chi connectivity index (χ2n) is 7.59. The number of hydrazone groups is 1. The van der Waals surface area contributed by atoms with Gasteiger partial charge in [-0.05, 0) is 59.6 Å². The van der Waals surface area contributed by atoms with Crippen LogP contribution in [0.1, 0.15) is 29.3 Å². The molecule has 0 bridgehead atoms. The van der Waals surface area contributed by atoms with Crippen LogP contribution in [0.25, 0.3) is 0 Å². The molecule has 0 unspecified atom stereocenters. The number of methoxy groups -OCH3 is 1. The van der Waals surface area contributed by atoms with Crippen molar-refractivity contribution in [3.63, 3.8) is 0 Å². The number of pyridine rings is 1. The van der Waals surface area contributed by atoms with Crippen molar-refractivity contribution in [3.05, 3.63) is 83.5 Å². The molecule has 0 aliphatic heterocycles. The van der Waals surface area contributed by atoms with E-state index in [0.29, 0.717) is 26.9 Å².